The zero-order valence-corrected chi connectivity index (χ0v) is 20.4. The zero-order valence-electron chi connectivity index (χ0n) is 17.4. The van der Waals surface area contributed by atoms with E-state index in [1.807, 2.05) is 85.8 Å². The van der Waals surface area contributed by atoms with E-state index in [1.165, 1.54) is 11.8 Å². The number of rotatable bonds is 7. The van der Waals surface area contributed by atoms with Crippen molar-refractivity contribution >= 4 is 57.2 Å². The van der Waals surface area contributed by atoms with Crippen LogP contribution in [0.2, 0.25) is 0 Å². The van der Waals surface area contributed by atoms with E-state index in [9.17, 15) is 4.79 Å². The van der Waals surface area contributed by atoms with E-state index in [2.05, 4.69) is 32.9 Å². The van der Waals surface area contributed by atoms with Gasteiger partial charge in [0.15, 0.2) is 16.7 Å². The van der Waals surface area contributed by atoms with Crippen LogP contribution in [0.4, 0.5) is 5.69 Å². The lowest BCUT2D eigenvalue weighted by molar-refractivity contribution is -0.115. The van der Waals surface area contributed by atoms with Gasteiger partial charge in [-0.15, -0.1) is 0 Å². The number of amides is 1. The molecule has 7 heteroatoms. The first-order chi connectivity index (χ1) is 15.6. The van der Waals surface area contributed by atoms with Gasteiger partial charge in [0, 0.05) is 0 Å². The number of hydrogen-bond acceptors (Lipinski definition) is 5. The van der Waals surface area contributed by atoms with Crippen LogP contribution in [0.1, 0.15) is 18.1 Å². The molecule has 1 aliphatic rings. The van der Waals surface area contributed by atoms with Crippen molar-refractivity contribution in [1.29, 1.82) is 0 Å². The summed E-state index contributed by atoms with van der Waals surface area (Å²) in [6, 6.07) is 23.4. The summed E-state index contributed by atoms with van der Waals surface area (Å²) < 4.78 is 12.8. The van der Waals surface area contributed by atoms with Gasteiger partial charge in [-0.05, 0) is 82.7 Å². The van der Waals surface area contributed by atoms with Crippen molar-refractivity contribution in [3.8, 4) is 11.5 Å². The highest BCUT2D eigenvalue weighted by atomic mass is 127. The molecular weight excluding hydrogens is 535 g/mol. The van der Waals surface area contributed by atoms with Crippen LogP contribution in [0.25, 0.3) is 6.08 Å². The highest BCUT2D eigenvalue weighted by Gasteiger charge is 2.24. The summed E-state index contributed by atoms with van der Waals surface area (Å²) in [6.45, 7) is 2.90. The number of nitrogens with zero attached hydrogens (tertiary/aromatic N) is 1. The van der Waals surface area contributed by atoms with Gasteiger partial charge < -0.3 is 14.8 Å². The molecular formula is C25H21IN2O3S. The highest BCUT2D eigenvalue weighted by Crippen LogP contribution is 2.37. The van der Waals surface area contributed by atoms with Crippen LogP contribution in [0.15, 0.2) is 82.7 Å². The number of carbonyl (C=O) groups is 1. The Morgan fingerprint density at radius 2 is 1.75 bits per heavy atom. The maximum Gasteiger partial charge on any atom is 0.264 e. The van der Waals surface area contributed by atoms with Gasteiger partial charge in [0.1, 0.15) is 6.61 Å². The summed E-state index contributed by atoms with van der Waals surface area (Å²) in [4.78, 5) is 17.5. The molecule has 0 spiro atoms. The molecule has 1 N–H and O–H groups in total. The topological polar surface area (TPSA) is 59.9 Å². The predicted octanol–water partition coefficient (Wildman–Crippen LogP) is 6.16. The zero-order chi connectivity index (χ0) is 22.3. The average molecular weight is 556 g/mol. The summed E-state index contributed by atoms with van der Waals surface area (Å²) in [5, 5.41) is 3.39. The van der Waals surface area contributed by atoms with Crippen molar-refractivity contribution in [3.63, 3.8) is 0 Å². The summed E-state index contributed by atoms with van der Waals surface area (Å²) in [5.41, 5.74) is 2.74. The summed E-state index contributed by atoms with van der Waals surface area (Å²) >= 11 is 3.56. The molecule has 0 aliphatic carbocycles. The smallest absolute Gasteiger partial charge is 0.264 e. The number of thioether (sulfide) groups is 1. The molecule has 32 heavy (non-hydrogen) atoms. The Kier molecular flexibility index (Phi) is 7.49. The second-order valence-corrected chi connectivity index (χ2v) is 9.05. The molecule has 3 aromatic carbocycles. The van der Waals surface area contributed by atoms with Crippen molar-refractivity contribution < 1.29 is 14.3 Å². The van der Waals surface area contributed by atoms with Gasteiger partial charge in [0.25, 0.3) is 5.91 Å². The van der Waals surface area contributed by atoms with Gasteiger partial charge in [-0.2, -0.15) is 0 Å². The molecule has 0 aromatic heterocycles. The molecule has 162 valence electrons. The minimum absolute atomic E-state index is 0.165. The maximum absolute atomic E-state index is 12.5. The molecule has 1 aliphatic heterocycles. The number of hydrogen-bond donors (Lipinski definition) is 1. The second kappa shape index (κ2) is 10.7. The molecule has 3 aromatic rings. The molecule has 0 atom stereocenters. The molecule has 1 heterocycles. The minimum Gasteiger partial charge on any atom is -0.490 e. The van der Waals surface area contributed by atoms with E-state index in [0.29, 0.717) is 34.8 Å². The molecule has 1 amide bonds. The maximum atomic E-state index is 12.5. The third-order valence-electron chi connectivity index (χ3n) is 4.49. The number of ether oxygens (including phenoxy) is 2. The summed E-state index contributed by atoms with van der Waals surface area (Å²) in [7, 11) is 0. The van der Waals surface area contributed by atoms with E-state index >= 15 is 0 Å². The quantitative estimate of drug-likeness (QED) is 0.280. The first kappa shape index (κ1) is 22.4. The molecule has 0 radical (unpaired) electrons. The van der Waals surface area contributed by atoms with Gasteiger partial charge in [-0.1, -0.05) is 48.5 Å². The van der Waals surface area contributed by atoms with Gasteiger partial charge in [-0.25, -0.2) is 4.99 Å². The Bertz CT molecular complexity index is 1160. The molecule has 1 fully saturated rings. The number of para-hydroxylation sites is 1. The van der Waals surface area contributed by atoms with Crippen molar-refractivity contribution in [3.05, 3.63) is 92.4 Å². The molecule has 0 unspecified atom stereocenters. The van der Waals surface area contributed by atoms with Crippen LogP contribution in [0, 0.1) is 3.57 Å². The van der Waals surface area contributed by atoms with E-state index < -0.39 is 0 Å². The van der Waals surface area contributed by atoms with E-state index in [-0.39, 0.29) is 5.91 Å². The summed E-state index contributed by atoms with van der Waals surface area (Å²) in [5.74, 6) is 1.19. The van der Waals surface area contributed by atoms with Crippen molar-refractivity contribution in [1.82, 2.24) is 5.32 Å². The van der Waals surface area contributed by atoms with Crippen LogP contribution in [-0.2, 0) is 11.4 Å². The number of halogens is 1. The van der Waals surface area contributed by atoms with Crippen LogP contribution >= 0.6 is 34.4 Å². The Hall–Kier alpha value is -2.78. The molecule has 0 bridgehead atoms. The van der Waals surface area contributed by atoms with E-state index in [4.69, 9.17) is 9.47 Å². The second-order valence-electron chi connectivity index (χ2n) is 6.85. The fourth-order valence-electron chi connectivity index (χ4n) is 3.06. The van der Waals surface area contributed by atoms with Gasteiger partial charge in [0.05, 0.1) is 20.8 Å². The summed E-state index contributed by atoms with van der Waals surface area (Å²) in [6.07, 6.45) is 1.85. The van der Waals surface area contributed by atoms with Gasteiger partial charge >= 0.3 is 0 Å². The highest BCUT2D eigenvalue weighted by molar-refractivity contribution is 14.1. The molecule has 4 rings (SSSR count). The number of nitrogens with one attached hydrogen (secondary N) is 1. The van der Waals surface area contributed by atoms with Gasteiger partial charge in [0.2, 0.25) is 0 Å². The van der Waals surface area contributed by atoms with Crippen molar-refractivity contribution in [2.45, 2.75) is 13.5 Å². The minimum atomic E-state index is -0.165. The molecule has 0 saturated carbocycles. The monoisotopic (exact) mass is 556 g/mol. The number of aliphatic imine (C=N–C) groups is 1. The first-order valence-electron chi connectivity index (χ1n) is 10.1. The SMILES string of the molecule is CCOc1cc(/C=C2\SC(=Nc3ccccc3)NC2=O)cc(I)c1OCc1ccccc1. The van der Waals surface area contributed by atoms with Crippen LogP contribution in [0.5, 0.6) is 11.5 Å². The van der Waals surface area contributed by atoms with Gasteiger partial charge in [-0.3, -0.25) is 4.79 Å². The lowest BCUT2D eigenvalue weighted by atomic mass is 10.2. The molecule has 1 saturated heterocycles. The third kappa shape index (κ3) is 5.72. The Labute approximate surface area is 205 Å². The van der Waals surface area contributed by atoms with Crippen LogP contribution in [0.3, 0.4) is 0 Å². The first-order valence-corrected chi connectivity index (χ1v) is 12.0. The van der Waals surface area contributed by atoms with Crippen molar-refractivity contribution in [2.75, 3.05) is 6.61 Å². The normalized spacial score (nSPS) is 15.8. The van der Waals surface area contributed by atoms with Crippen molar-refractivity contribution in [2.24, 2.45) is 4.99 Å². The fourth-order valence-corrected chi connectivity index (χ4v) is 4.68. The lowest BCUT2D eigenvalue weighted by Gasteiger charge is -2.15. The fraction of sp³-hybridized carbons (Fsp3) is 0.120. The Morgan fingerprint density at radius 1 is 1.03 bits per heavy atom. The molecule has 5 nitrogen and oxygen atoms in total. The number of benzene rings is 3. The van der Waals surface area contributed by atoms with E-state index in [1.54, 1.807) is 0 Å². The standard InChI is InChI=1S/C25H21IN2O3S/c1-2-30-21-14-18(13-20(26)23(21)31-16-17-9-5-3-6-10-17)15-22-24(29)28-25(32-22)27-19-11-7-4-8-12-19/h3-15H,2,16H2,1H3,(H,27,28,29)/b22-15-. The lowest BCUT2D eigenvalue weighted by Crippen LogP contribution is -2.19. The predicted molar refractivity (Wildman–Crippen MR) is 138 cm³/mol. The van der Waals surface area contributed by atoms with E-state index in [0.717, 1.165) is 20.4 Å². The Morgan fingerprint density at radius 3 is 2.47 bits per heavy atom. The van der Waals surface area contributed by atoms with Crippen LogP contribution < -0.4 is 14.8 Å². The third-order valence-corrected chi connectivity index (χ3v) is 6.20. The Balaban J connectivity index is 1.56. The van der Waals surface area contributed by atoms with Crippen LogP contribution in [-0.4, -0.2) is 17.7 Å². The number of carbonyl (C=O) groups excluding carboxylic acids is 1. The largest absolute Gasteiger partial charge is 0.490 e. The number of amidine groups is 1. The average Bonchev–Trinajstić information content (AvgIpc) is 3.13.